The third-order valence-electron chi connectivity index (χ3n) is 1.43. The van der Waals surface area contributed by atoms with Gasteiger partial charge in [-0.1, -0.05) is 27.5 Å². The van der Waals surface area contributed by atoms with Gasteiger partial charge in [-0.3, -0.25) is 4.79 Å². The van der Waals surface area contributed by atoms with Gasteiger partial charge in [0.25, 0.3) is 0 Å². The zero-order chi connectivity index (χ0) is 10.0. The first-order valence-corrected chi connectivity index (χ1v) is 4.53. The van der Waals surface area contributed by atoms with Crippen LogP contribution < -0.4 is 0 Å². The minimum atomic E-state index is -0.983. The molecular formula is C8H5BrClFO2. The van der Waals surface area contributed by atoms with Gasteiger partial charge in [-0.05, 0) is 17.7 Å². The van der Waals surface area contributed by atoms with Crippen LogP contribution in [0, 0.1) is 5.82 Å². The highest BCUT2D eigenvalue weighted by Crippen LogP contribution is 2.24. The van der Waals surface area contributed by atoms with Crippen molar-refractivity contribution in [3.63, 3.8) is 0 Å². The Bertz CT molecular complexity index is 354. The Morgan fingerprint density at radius 3 is 2.77 bits per heavy atom. The first-order chi connectivity index (χ1) is 6.00. The van der Waals surface area contributed by atoms with Crippen LogP contribution in [0.15, 0.2) is 16.6 Å². The number of carbonyl (C=O) groups is 1. The molecule has 1 rings (SSSR count). The molecule has 0 aliphatic carbocycles. The van der Waals surface area contributed by atoms with Crippen molar-refractivity contribution in [2.45, 2.75) is 6.42 Å². The van der Waals surface area contributed by atoms with Crippen molar-refractivity contribution in [1.29, 1.82) is 0 Å². The predicted octanol–water partition coefficient (Wildman–Crippen LogP) is 2.87. The molecule has 0 unspecified atom stereocenters. The second kappa shape index (κ2) is 4.07. The highest BCUT2D eigenvalue weighted by molar-refractivity contribution is 9.10. The number of benzene rings is 1. The van der Waals surface area contributed by atoms with E-state index < -0.39 is 11.8 Å². The number of carboxylic acid groups (broad SMARTS) is 1. The van der Waals surface area contributed by atoms with E-state index in [1.807, 2.05) is 0 Å². The van der Waals surface area contributed by atoms with Gasteiger partial charge in [-0.25, -0.2) is 4.39 Å². The summed E-state index contributed by atoms with van der Waals surface area (Å²) in [7, 11) is 0. The molecule has 0 atom stereocenters. The average molecular weight is 267 g/mol. The molecule has 0 radical (unpaired) electrons. The van der Waals surface area contributed by atoms with Gasteiger partial charge < -0.3 is 5.11 Å². The monoisotopic (exact) mass is 266 g/mol. The lowest BCUT2D eigenvalue weighted by Gasteiger charge is -2.02. The van der Waals surface area contributed by atoms with Gasteiger partial charge in [-0.15, -0.1) is 0 Å². The Labute approximate surface area is 87.5 Å². The lowest BCUT2D eigenvalue weighted by atomic mass is 10.1. The van der Waals surface area contributed by atoms with E-state index in [1.165, 1.54) is 6.07 Å². The van der Waals surface area contributed by atoms with E-state index in [9.17, 15) is 9.18 Å². The highest BCUT2D eigenvalue weighted by Gasteiger charge is 2.09. The van der Waals surface area contributed by atoms with Crippen molar-refractivity contribution < 1.29 is 14.3 Å². The number of aliphatic carboxylic acids is 1. The van der Waals surface area contributed by atoms with Crippen LogP contribution in [0.5, 0.6) is 0 Å². The molecule has 5 heteroatoms. The van der Waals surface area contributed by atoms with Crippen LogP contribution in [0.25, 0.3) is 0 Å². The van der Waals surface area contributed by atoms with Crippen LogP contribution in [0.3, 0.4) is 0 Å². The van der Waals surface area contributed by atoms with E-state index in [1.54, 1.807) is 0 Å². The van der Waals surface area contributed by atoms with Crippen molar-refractivity contribution in [2.75, 3.05) is 0 Å². The summed E-state index contributed by atoms with van der Waals surface area (Å²) in [4.78, 5) is 10.4. The SMILES string of the molecule is O=C(O)Cc1cc(Cl)c(F)cc1Br. The molecule has 0 aliphatic rings. The third-order valence-corrected chi connectivity index (χ3v) is 2.46. The molecule has 13 heavy (non-hydrogen) atoms. The lowest BCUT2D eigenvalue weighted by Crippen LogP contribution is -2.01. The van der Waals surface area contributed by atoms with E-state index in [-0.39, 0.29) is 11.4 Å². The molecule has 1 aromatic rings. The van der Waals surface area contributed by atoms with Crippen LogP contribution in [0.4, 0.5) is 4.39 Å². The van der Waals surface area contributed by atoms with E-state index >= 15 is 0 Å². The molecule has 1 aromatic carbocycles. The molecule has 70 valence electrons. The third kappa shape index (κ3) is 2.67. The van der Waals surface area contributed by atoms with Crippen molar-refractivity contribution in [1.82, 2.24) is 0 Å². The summed E-state index contributed by atoms with van der Waals surface area (Å²) in [5, 5.41) is 8.42. The topological polar surface area (TPSA) is 37.3 Å². The van der Waals surface area contributed by atoms with E-state index in [0.29, 0.717) is 10.0 Å². The van der Waals surface area contributed by atoms with Crippen LogP contribution in [0.2, 0.25) is 5.02 Å². The summed E-state index contributed by atoms with van der Waals surface area (Å²) in [6.07, 6.45) is -0.180. The summed E-state index contributed by atoms with van der Waals surface area (Å²) in [5.74, 6) is -1.55. The fraction of sp³-hybridized carbons (Fsp3) is 0.125. The van der Waals surface area contributed by atoms with Crippen molar-refractivity contribution >= 4 is 33.5 Å². The highest BCUT2D eigenvalue weighted by atomic mass is 79.9. The second-order valence-corrected chi connectivity index (χ2v) is 3.69. The van der Waals surface area contributed by atoms with Gasteiger partial charge in [-0.2, -0.15) is 0 Å². The number of carboxylic acids is 1. The van der Waals surface area contributed by atoms with E-state index in [2.05, 4.69) is 15.9 Å². The average Bonchev–Trinajstić information content (AvgIpc) is 1.99. The predicted molar refractivity (Wildman–Crippen MR) is 50.4 cm³/mol. The van der Waals surface area contributed by atoms with E-state index in [0.717, 1.165) is 6.07 Å². The lowest BCUT2D eigenvalue weighted by molar-refractivity contribution is -0.136. The van der Waals surface area contributed by atoms with Crippen LogP contribution >= 0.6 is 27.5 Å². The van der Waals surface area contributed by atoms with Gasteiger partial charge in [0.1, 0.15) is 5.82 Å². The first-order valence-electron chi connectivity index (χ1n) is 3.36. The molecular weight excluding hydrogens is 262 g/mol. The summed E-state index contributed by atoms with van der Waals surface area (Å²) < 4.78 is 13.2. The molecule has 2 nitrogen and oxygen atoms in total. The molecule has 0 bridgehead atoms. The summed E-state index contributed by atoms with van der Waals surface area (Å²) in [6.45, 7) is 0. The molecule has 0 spiro atoms. The summed E-state index contributed by atoms with van der Waals surface area (Å²) in [5.41, 5.74) is 0.457. The maximum absolute atomic E-state index is 12.8. The normalized spacial score (nSPS) is 10.1. The Morgan fingerprint density at radius 2 is 2.23 bits per heavy atom. The molecule has 0 saturated carbocycles. The van der Waals surface area contributed by atoms with Crippen molar-refractivity contribution in [3.05, 3.63) is 33.0 Å². The van der Waals surface area contributed by atoms with Crippen molar-refractivity contribution in [3.8, 4) is 0 Å². The standard InChI is InChI=1S/C8H5BrClFO2/c9-5-3-7(11)6(10)1-4(5)2-8(12)13/h1,3H,2H2,(H,12,13). The number of rotatable bonds is 2. The Hall–Kier alpha value is -0.610. The molecule has 0 fully saturated rings. The fourth-order valence-corrected chi connectivity index (χ4v) is 1.50. The minimum Gasteiger partial charge on any atom is -0.481 e. The van der Waals surface area contributed by atoms with Gasteiger partial charge >= 0.3 is 5.97 Å². The maximum Gasteiger partial charge on any atom is 0.307 e. The van der Waals surface area contributed by atoms with Crippen LogP contribution in [-0.2, 0) is 11.2 Å². The molecule has 1 N–H and O–H groups in total. The zero-order valence-electron chi connectivity index (χ0n) is 6.35. The van der Waals surface area contributed by atoms with Gasteiger partial charge in [0, 0.05) is 4.47 Å². The first kappa shape index (κ1) is 10.5. The minimum absolute atomic E-state index is 0.0700. The second-order valence-electron chi connectivity index (χ2n) is 2.43. The van der Waals surface area contributed by atoms with Crippen LogP contribution in [-0.4, -0.2) is 11.1 Å². The molecule has 0 aliphatic heterocycles. The van der Waals surface area contributed by atoms with Gasteiger partial charge in [0.15, 0.2) is 0 Å². The molecule has 0 aromatic heterocycles. The Kier molecular flexibility index (Phi) is 3.27. The quantitative estimate of drug-likeness (QED) is 0.837. The molecule has 0 heterocycles. The summed E-state index contributed by atoms with van der Waals surface area (Å²) in [6, 6.07) is 2.45. The largest absolute Gasteiger partial charge is 0.481 e. The smallest absolute Gasteiger partial charge is 0.307 e. The number of halogens is 3. The molecule has 0 amide bonds. The number of hydrogen-bond donors (Lipinski definition) is 1. The van der Waals surface area contributed by atoms with Crippen LogP contribution in [0.1, 0.15) is 5.56 Å². The Balaban J connectivity index is 3.08. The van der Waals surface area contributed by atoms with Crippen molar-refractivity contribution in [2.24, 2.45) is 0 Å². The fourth-order valence-electron chi connectivity index (χ4n) is 0.862. The maximum atomic E-state index is 12.8. The zero-order valence-corrected chi connectivity index (χ0v) is 8.69. The number of hydrogen-bond acceptors (Lipinski definition) is 1. The van der Waals surface area contributed by atoms with Gasteiger partial charge in [0.2, 0.25) is 0 Å². The summed E-state index contributed by atoms with van der Waals surface area (Å²) >= 11 is 8.53. The van der Waals surface area contributed by atoms with E-state index in [4.69, 9.17) is 16.7 Å². The Morgan fingerprint density at radius 1 is 1.62 bits per heavy atom. The molecule has 0 saturated heterocycles. The van der Waals surface area contributed by atoms with Gasteiger partial charge in [0.05, 0.1) is 11.4 Å².